The van der Waals surface area contributed by atoms with Crippen LogP contribution in [0.1, 0.15) is 17.9 Å². The van der Waals surface area contributed by atoms with Gasteiger partial charge in [0.15, 0.2) is 28.9 Å². The number of hydrogen-bond donors (Lipinski definition) is 2. The summed E-state index contributed by atoms with van der Waals surface area (Å²) in [6, 6.07) is 11.5. The smallest absolute Gasteiger partial charge is 0.197 e. The summed E-state index contributed by atoms with van der Waals surface area (Å²) in [6.07, 6.45) is 1.45. The van der Waals surface area contributed by atoms with Crippen LogP contribution in [0, 0.1) is 6.92 Å². The highest BCUT2D eigenvalue weighted by molar-refractivity contribution is 5.92. The van der Waals surface area contributed by atoms with E-state index in [4.69, 9.17) is 19.6 Å². The number of aryl methyl sites for hydroxylation is 1. The first kappa shape index (κ1) is 17.2. The summed E-state index contributed by atoms with van der Waals surface area (Å²) in [5, 5.41) is 3.08. The highest BCUT2D eigenvalue weighted by atomic mass is 16.5. The number of rotatable bonds is 4. The lowest BCUT2D eigenvalue weighted by Gasteiger charge is -2.10. The third kappa shape index (κ3) is 3.97. The number of guanidine groups is 1. The molecule has 2 heterocycles. The predicted molar refractivity (Wildman–Crippen MR) is 105 cm³/mol. The van der Waals surface area contributed by atoms with E-state index in [1.807, 2.05) is 43.3 Å². The minimum atomic E-state index is 0.330. The topological polar surface area (TPSA) is 94.9 Å². The molecule has 0 saturated carbocycles. The molecule has 7 heteroatoms. The molecule has 1 aliphatic rings. The average Bonchev–Trinajstić information content (AvgIpc) is 2.93. The Labute approximate surface area is 157 Å². The number of aliphatic imine (C=N–C) groups is 1. The largest absolute Gasteiger partial charge is 0.490 e. The van der Waals surface area contributed by atoms with Crippen LogP contribution in [0.15, 0.2) is 45.8 Å². The molecular weight excluding hydrogens is 344 g/mol. The van der Waals surface area contributed by atoms with Gasteiger partial charge in [0.25, 0.3) is 0 Å². The molecule has 2 aromatic carbocycles. The molecule has 3 aromatic rings. The fourth-order valence-corrected chi connectivity index (χ4v) is 2.94. The van der Waals surface area contributed by atoms with Gasteiger partial charge in [-0.25, -0.2) is 4.98 Å². The molecule has 0 saturated heterocycles. The van der Waals surface area contributed by atoms with E-state index >= 15 is 0 Å². The molecule has 0 amide bonds. The number of fused-ring (bicyclic) bond motifs is 2. The third-order valence-electron chi connectivity index (χ3n) is 4.29. The summed E-state index contributed by atoms with van der Waals surface area (Å²) in [5.41, 5.74) is 9.59. The van der Waals surface area contributed by atoms with Crippen molar-refractivity contribution in [2.75, 3.05) is 25.1 Å². The molecule has 1 aliphatic heterocycles. The molecule has 1 aromatic heterocycles. The second-order valence-electron chi connectivity index (χ2n) is 6.38. The molecule has 0 radical (unpaired) electrons. The molecule has 0 atom stereocenters. The number of nitrogens with zero attached hydrogens (tertiary/aromatic N) is 2. The zero-order valence-electron chi connectivity index (χ0n) is 15.2. The predicted octanol–water partition coefficient (Wildman–Crippen LogP) is 3.27. The zero-order chi connectivity index (χ0) is 18.6. The quantitative estimate of drug-likeness (QED) is 0.544. The van der Waals surface area contributed by atoms with E-state index < -0.39 is 0 Å². The van der Waals surface area contributed by atoms with Gasteiger partial charge in [0.1, 0.15) is 5.52 Å². The molecule has 140 valence electrons. The second-order valence-corrected chi connectivity index (χ2v) is 6.38. The van der Waals surface area contributed by atoms with Gasteiger partial charge in [-0.15, -0.1) is 0 Å². The maximum Gasteiger partial charge on any atom is 0.197 e. The van der Waals surface area contributed by atoms with Crippen LogP contribution in [0.25, 0.3) is 11.1 Å². The Morgan fingerprint density at radius 2 is 2.04 bits per heavy atom. The van der Waals surface area contributed by atoms with Crippen LogP contribution in [0.4, 0.5) is 5.69 Å². The highest BCUT2D eigenvalue weighted by Gasteiger charge is 2.11. The van der Waals surface area contributed by atoms with Gasteiger partial charge in [0.2, 0.25) is 0 Å². The summed E-state index contributed by atoms with van der Waals surface area (Å²) in [4.78, 5) is 8.87. The summed E-state index contributed by atoms with van der Waals surface area (Å²) in [5.74, 6) is 2.45. The van der Waals surface area contributed by atoms with Gasteiger partial charge in [-0.2, -0.15) is 0 Å². The second kappa shape index (κ2) is 7.57. The number of nitrogens with one attached hydrogen (secondary N) is 1. The first-order chi connectivity index (χ1) is 13.2. The summed E-state index contributed by atoms with van der Waals surface area (Å²) in [7, 11) is 0. The fraction of sp³-hybridized carbons (Fsp3) is 0.300. The number of oxazole rings is 1. The summed E-state index contributed by atoms with van der Waals surface area (Å²) >= 11 is 0. The van der Waals surface area contributed by atoms with Gasteiger partial charge in [-0.1, -0.05) is 12.1 Å². The van der Waals surface area contributed by atoms with Gasteiger partial charge in [0, 0.05) is 24.6 Å². The minimum absolute atomic E-state index is 0.330. The van der Waals surface area contributed by atoms with Gasteiger partial charge in [-0.05, 0) is 30.7 Å². The Kier molecular flexibility index (Phi) is 4.82. The van der Waals surface area contributed by atoms with Gasteiger partial charge in [-0.3, -0.25) is 4.99 Å². The van der Waals surface area contributed by atoms with Crippen molar-refractivity contribution >= 4 is 22.7 Å². The summed E-state index contributed by atoms with van der Waals surface area (Å²) < 4.78 is 17.1. The van der Waals surface area contributed by atoms with E-state index in [1.165, 1.54) is 0 Å². The lowest BCUT2D eigenvalue weighted by Crippen LogP contribution is -2.23. The lowest BCUT2D eigenvalue weighted by molar-refractivity contribution is 0.297. The van der Waals surface area contributed by atoms with Crippen molar-refractivity contribution < 1.29 is 13.9 Å². The lowest BCUT2D eigenvalue weighted by atomic mass is 10.2. The van der Waals surface area contributed by atoms with Crippen molar-refractivity contribution in [3.63, 3.8) is 0 Å². The van der Waals surface area contributed by atoms with Crippen LogP contribution < -0.4 is 20.5 Å². The van der Waals surface area contributed by atoms with Gasteiger partial charge < -0.3 is 24.9 Å². The third-order valence-corrected chi connectivity index (χ3v) is 4.29. The van der Waals surface area contributed by atoms with Gasteiger partial charge >= 0.3 is 0 Å². The van der Waals surface area contributed by atoms with E-state index in [9.17, 15) is 0 Å². The Hall–Kier alpha value is -3.22. The van der Waals surface area contributed by atoms with E-state index in [2.05, 4.69) is 15.3 Å². The Morgan fingerprint density at radius 3 is 2.89 bits per heavy atom. The molecule has 4 rings (SSSR count). The summed E-state index contributed by atoms with van der Waals surface area (Å²) in [6.45, 7) is 3.81. The van der Waals surface area contributed by atoms with Crippen LogP contribution in [-0.2, 0) is 6.42 Å². The van der Waals surface area contributed by atoms with Crippen LogP contribution in [0.2, 0.25) is 0 Å². The van der Waals surface area contributed by atoms with Crippen molar-refractivity contribution in [1.82, 2.24) is 4.98 Å². The number of para-hydroxylation sites is 1. The van der Waals surface area contributed by atoms with Crippen LogP contribution in [-0.4, -0.2) is 30.7 Å². The van der Waals surface area contributed by atoms with Gasteiger partial charge in [0.05, 0.1) is 19.8 Å². The van der Waals surface area contributed by atoms with Crippen molar-refractivity contribution in [3.05, 3.63) is 47.9 Å². The molecule has 3 N–H and O–H groups in total. The first-order valence-electron chi connectivity index (χ1n) is 9.01. The maximum absolute atomic E-state index is 5.99. The van der Waals surface area contributed by atoms with E-state index in [1.54, 1.807) is 0 Å². The number of ether oxygens (including phenoxy) is 2. The molecule has 27 heavy (non-hydrogen) atoms. The fourth-order valence-electron chi connectivity index (χ4n) is 2.94. The monoisotopic (exact) mass is 366 g/mol. The SMILES string of the molecule is Cc1cccc2oc(CCN=C(N)Nc3ccc4c(c3)OCCCO4)nc12. The van der Waals surface area contributed by atoms with E-state index in [0.717, 1.165) is 34.5 Å². The van der Waals surface area contributed by atoms with Crippen LogP contribution in [0.5, 0.6) is 11.5 Å². The van der Waals surface area contributed by atoms with Crippen molar-refractivity contribution in [2.45, 2.75) is 19.8 Å². The average molecular weight is 366 g/mol. The van der Waals surface area contributed by atoms with Crippen molar-refractivity contribution in [1.29, 1.82) is 0 Å². The molecule has 0 aliphatic carbocycles. The molecule has 0 unspecified atom stereocenters. The maximum atomic E-state index is 5.99. The minimum Gasteiger partial charge on any atom is -0.490 e. The van der Waals surface area contributed by atoms with Crippen LogP contribution >= 0.6 is 0 Å². The molecular formula is C20H22N4O3. The van der Waals surface area contributed by atoms with Crippen LogP contribution in [0.3, 0.4) is 0 Å². The normalized spacial score (nSPS) is 14.2. The number of nitrogens with two attached hydrogens (primary N) is 1. The van der Waals surface area contributed by atoms with E-state index in [-0.39, 0.29) is 0 Å². The molecule has 0 spiro atoms. The number of hydrogen-bond acceptors (Lipinski definition) is 5. The Bertz CT molecular complexity index is 981. The van der Waals surface area contributed by atoms with E-state index in [0.29, 0.717) is 43.8 Å². The standard InChI is InChI=1S/C20H22N4O3/c1-13-4-2-5-16-19(13)24-18(27-16)8-9-22-20(21)23-14-6-7-15-17(12-14)26-11-3-10-25-15/h2,4-7,12H,3,8-11H2,1H3,(H3,21,22,23). The van der Waals surface area contributed by atoms with Crippen molar-refractivity contribution in [3.8, 4) is 11.5 Å². The number of anilines is 1. The molecule has 0 bridgehead atoms. The Morgan fingerprint density at radius 1 is 1.19 bits per heavy atom. The first-order valence-corrected chi connectivity index (χ1v) is 9.01. The zero-order valence-corrected chi connectivity index (χ0v) is 15.2. The highest BCUT2D eigenvalue weighted by Crippen LogP contribution is 2.32. The number of aromatic nitrogens is 1. The van der Waals surface area contributed by atoms with Crippen molar-refractivity contribution in [2.24, 2.45) is 10.7 Å². The Balaban J connectivity index is 1.38. The molecule has 0 fully saturated rings. The molecule has 7 nitrogen and oxygen atoms in total. The number of benzene rings is 2.